The van der Waals surface area contributed by atoms with Crippen molar-refractivity contribution in [3.05, 3.63) is 59.7 Å². The van der Waals surface area contributed by atoms with Crippen LogP contribution in [0.1, 0.15) is 43.7 Å². The van der Waals surface area contributed by atoms with Crippen LogP contribution in [-0.2, 0) is 11.3 Å². The Labute approximate surface area is 153 Å². The van der Waals surface area contributed by atoms with Crippen molar-refractivity contribution in [2.45, 2.75) is 44.7 Å². The Balaban J connectivity index is 1.55. The molecule has 26 heavy (non-hydrogen) atoms. The van der Waals surface area contributed by atoms with Crippen LogP contribution in [0.5, 0.6) is 0 Å². The number of nitriles is 1. The van der Waals surface area contributed by atoms with Crippen LogP contribution >= 0.6 is 0 Å². The van der Waals surface area contributed by atoms with Gasteiger partial charge in [0.05, 0.1) is 18.2 Å². The standard InChI is InChI=1S/C22H21N3O/c1-16-24-22(12-4-5-13-22)21(26)25(16)15-17-8-10-18(11-9-17)20-7-3-2-6-19(20)14-23/h2-3,6-11H,4-5,12-13,15H2,1H3. The summed E-state index contributed by atoms with van der Waals surface area (Å²) in [4.78, 5) is 19.4. The zero-order chi connectivity index (χ0) is 18.1. The molecule has 0 bridgehead atoms. The van der Waals surface area contributed by atoms with Crippen molar-refractivity contribution < 1.29 is 4.79 Å². The molecule has 0 radical (unpaired) electrons. The molecule has 0 saturated heterocycles. The summed E-state index contributed by atoms with van der Waals surface area (Å²) in [5.41, 5.74) is 3.20. The van der Waals surface area contributed by atoms with Crippen LogP contribution in [-0.4, -0.2) is 22.2 Å². The van der Waals surface area contributed by atoms with Crippen LogP contribution in [0.4, 0.5) is 0 Å². The topological polar surface area (TPSA) is 56.5 Å². The molecule has 1 aliphatic heterocycles. The SMILES string of the molecule is CC1=NC2(CCCC2)C(=O)N1Cc1ccc(-c2ccccc2C#N)cc1. The average molecular weight is 343 g/mol. The Morgan fingerprint density at radius 3 is 2.50 bits per heavy atom. The van der Waals surface area contributed by atoms with Gasteiger partial charge in [0.2, 0.25) is 0 Å². The van der Waals surface area contributed by atoms with Crippen molar-refractivity contribution in [2.24, 2.45) is 4.99 Å². The normalized spacial score (nSPS) is 18.2. The fourth-order valence-corrected chi connectivity index (χ4v) is 4.09. The summed E-state index contributed by atoms with van der Waals surface area (Å²) < 4.78 is 0. The van der Waals surface area contributed by atoms with Gasteiger partial charge < -0.3 is 0 Å². The molecule has 2 aromatic rings. The van der Waals surface area contributed by atoms with E-state index in [-0.39, 0.29) is 5.91 Å². The second-order valence-electron chi connectivity index (χ2n) is 7.14. The maximum Gasteiger partial charge on any atom is 0.256 e. The third-order valence-electron chi connectivity index (χ3n) is 5.49. The van der Waals surface area contributed by atoms with E-state index in [4.69, 9.17) is 4.99 Å². The Morgan fingerprint density at radius 2 is 1.81 bits per heavy atom. The Kier molecular flexibility index (Phi) is 4.08. The first-order valence-electron chi connectivity index (χ1n) is 9.10. The van der Waals surface area contributed by atoms with Gasteiger partial charge in [0.1, 0.15) is 11.4 Å². The monoisotopic (exact) mass is 343 g/mol. The predicted octanol–water partition coefficient (Wildman–Crippen LogP) is 4.30. The first kappa shape index (κ1) is 16.5. The smallest absolute Gasteiger partial charge is 0.256 e. The van der Waals surface area contributed by atoms with Gasteiger partial charge in [-0.25, -0.2) is 0 Å². The van der Waals surface area contributed by atoms with Gasteiger partial charge >= 0.3 is 0 Å². The maximum atomic E-state index is 12.9. The van der Waals surface area contributed by atoms with E-state index in [0.29, 0.717) is 12.1 Å². The van der Waals surface area contributed by atoms with Crippen LogP contribution in [0, 0.1) is 11.3 Å². The number of hydrogen-bond donors (Lipinski definition) is 0. The van der Waals surface area contributed by atoms with Gasteiger partial charge in [0.15, 0.2) is 0 Å². The zero-order valence-corrected chi connectivity index (χ0v) is 14.9. The van der Waals surface area contributed by atoms with Crippen molar-refractivity contribution in [1.29, 1.82) is 5.26 Å². The van der Waals surface area contributed by atoms with Crippen LogP contribution in [0.25, 0.3) is 11.1 Å². The number of carbonyl (C=O) groups excluding carboxylic acids is 1. The molecule has 2 aromatic carbocycles. The van der Waals surface area contributed by atoms with Gasteiger partial charge in [0.25, 0.3) is 5.91 Å². The number of aliphatic imine (C=N–C) groups is 1. The van der Waals surface area contributed by atoms with Gasteiger partial charge in [0, 0.05) is 0 Å². The van der Waals surface area contributed by atoms with Gasteiger partial charge in [-0.1, -0.05) is 55.3 Å². The molecule has 1 saturated carbocycles. The second-order valence-corrected chi connectivity index (χ2v) is 7.14. The quantitative estimate of drug-likeness (QED) is 0.834. The lowest BCUT2D eigenvalue weighted by Gasteiger charge is -2.22. The van der Waals surface area contributed by atoms with Crippen molar-refractivity contribution >= 4 is 11.7 Å². The average Bonchev–Trinajstić information content (AvgIpc) is 3.23. The molecule has 1 fully saturated rings. The molecule has 0 N–H and O–H groups in total. The molecule has 0 aromatic heterocycles. The van der Waals surface area contributed by atoms with Crippen LogP contribution in [0.3, 0.4) is 0 Å². The van der Waals surface area contributed by atoms with Gasteiger partial charge in [-0.05, 0) is 42.5 Å². The number of hydrogen-bond acceptors (Lipinski definition) is 3. The van der Waals surface area contributed by atoms with E-state index in [0.717, 1.165) is 48.2 Å². The Hall–Kier alpha value is -2.93. The van der Waals surface area contributed by atoms with Crippen LogP contribution in [0.15, 0.2) is 53.5 Å². The molecule has 4 heteroatoms. The lowest BCUT2D eigenvalue weighted by Crippen LogP contribution is -2.40. The summed E-state index contributed by atoms with van der Waals surface area (Å²) in [5, 5.41) is 9.28. The Morgan fingerprint density at radius 1 is 1.12 bits per heavy atom. The summed E-state index contributed by atoms with van der Waals surface area (Å²) in [5.74, 6) is 0.988. The highest BCUT2D eigenvalue weighted by molar-refractivity contribution is 6.07. The van der Waals surface area contributed by atoms with Gasteiger partial charge in [-0.3, -0.25) is 14.7 Å². The number of benzene rings is 2. The minimum Gasteiger partial charge on any atom is -0.294 e. The third kappa shape index (κ3) is 2.70. The summed E-state index contributed by atoms with van der Waals surface area (Å²) in [7, 11) is 0. The minimum absolute atomic E-state index is 0.159. The molecule has 4 rings (SSSR count). The summed E-state index contributed by atoms with van der Waals surface area (Å²) in [6.45, 7) is 2.48. The number of rotatable bonds is 3. The maximum absolute atomic E-state index is 12.9. The molecule has 0 unspecified atom stereocenters. The Bertz CT molecular complexity index is 915. The molecule has 0 atom stereocenters. The van der Waals surface area contributed by atoms with E-state index >= 15 is 0 Å². The second kappa shape index (κ2) is 6.42. The highest BCUT2D eigenvalue weighted by Gasteiger charge is 2.48. The van der Waals surface area contributed by atoms with E-state index in [9.17, 15) is 10.1 Å². The number of nitrogens with zero attached hydrogens (tertiary/aromatic N) is 3. The van der Waals surface area contributed by atoms with E-state index in [1.807, 2.05) is 60.4 Å². The van der Waals surface area contributed by atoms with E-state index in [2.05, 4.69) is 6.07 Å². The van der Waals surface area contributed by atoms with Crippen molar-refractivity contribution in [1.82, 2.24) is 4.90 Å². The first-order chi connectivity index (χ1) is 12.6. The summed E-state index contributed by atoms with van der Waals surface area (Å²) in [6.07, 6.45) is 3.93. The van der Waals surface area contributed by atoms with E-state index in [1.165, 1.54) is 0 Å². The first-order valence-corrected chi connectivity index (χ1v) is 9.10. The predicted molar refractivity (Wildman–Crippen MR) is 101 cm³/mol. The number of amidine groups is 1. The number of carbonyl (C=O) groups is 1. The molecular formula is C22H21N3O. The van der Waals surface area contributed by atoms with Gasteiger partial charge in [-0.2, -0.15) is 5.26 Å². The summed E-state index contributed by atoms with van der Waals surface area (Å²) >= 11 is 0. The fourth-order valence-electron chi connectivity index (χ4n) is 4.09. The molecule has 130 valence electrons. The largest absolute Gasteiger partial charge is 0.294 e. The van der Waals surface area contributed by atoms with Crippen LogP contribution < -0.4 is 0 Å². The van der Waals surface area contributed by atoms with Crippen molar-refractivity contribution in [3.8, 4) is 17.2 Å². The molecular weight excluding hydrogens is 322 g/mol. The molecule has 1 spiro atoms. The minimum atomic E-state index is -0.476. The molecule has 1 amide bonds. The lowest BCUT2D eigenvalue weighted by atomic mass is 9.97. The highest BCUT2D eigenvalue weighted by atomic mass is 16.2. The van der Waals surface area contributed by atoms with E-state index < -0.39 is 5.54 Å². The fraction of sp³-hybridized carbons (Fsp3) is 0.318. The molecule has 2 aliphatic rings. The highest BCUT2D eigenvalue weighted by Crippen LogP contribution is 2.39. The molecule has 1 heterocycles. The van der Waals surface area contributed by atoms with Gasteiger partial charge in [-0.15, -0.1) is 0 Å². The zero-order valence-electron chi connectivity index (χ0n) is 14.9. The van der Waals surface area contributed by atoms with Crippen LogP contribution in [0.2, 0.25) is 0 Å². The molecule has 4 nitrogen and oxygen atoms in total. The van der Waals surface area contributed by atoms with Crippen molar-refractivity contribution in [3.63, 3.8) is 0 Å². The van der Waals surface area contributed by atoms with E-state index in [1.54, 1.807) is 0 Å². The van der Waals surface area contributed by atoms with Crippen molar-refractivity contribution in [2.75, 3.05) is 0 Å². The summed E-state index contributed by atoms with van der Waals surface area (Å²) in [6, 6.07) is 17.9. The third-order valence-corrected chi connectivity index (χ3v) is 5.49. The molecule has 1 aliphatic carbocycles. The number of amides is 1. The lowest BCUT2D eigenvalue weighted by molar-refractivity contribution is -0.131.